The number of hydrogen-bond acceptors (Lipinski definition) is 2. The quantitative estimate of drug-likeness (QED) is 0.278. The maximum absolute atomic E-state index is 10.2. The summed E-state index contributed by atoms with van der Waals surface area (Å²) in [6.45, 7) is -1.54. The van der Waals surface area contributed by atoms with E-state index in [-0.39, 0.29) is 6.61 Å². The van der Waals surface area contributed by atoms with Crippen LogP contribution in [0.3, 0.4) is 0 Å². The van der Waals surface area contributed by atoms with Crippen molar-refractivity contribution in [3.63, 3.8) is 0 Å². The van der Waals surface area contributed by atoms with Crippen molar-refractivity contribution in [3.8, 4) is 0 Å². The van der Waals surface area contributed by atoms with E-state index in [1.807, 2.05) is 30.3 Å². The lowest BCUT2D eigenvalue weighted by atomic mass is 10.2. The largest absolute Gasteiger partial charge is 0.449 e. The predicted octanol–water partition coefficient (Wildman–Crippen LogP) is 5.97. The first-order valence-electron chi connectivity index (χ1n) is 9.87. The first-order chi connectivity index (χ1) is 15.1. The fourth-order valence-corrected chi connectivity index (χ4v) is 6.20. The standard InChI is InChI=1S/C19H17P.C8H7ClO2/c1-20(17-11-5-2-6-12-17,18-13-7-3-8-14-18)19-15-9-4-10-16-19;9-8(10)11-6-7-4-2-1-3-5-7/h2-16H,1H2;1-5H,6H2. The summed E-state index contributed by atoms with van der Waals surface area (Å²) < 4.78 is 4.55. The molecule has 0 aliphatic rings. The molecule has 0 saturated carbocycles. The third-order valence-electron chi connectivity index (χ3n) is 4.79. The minimum Gasteiger partial charge on any atom is -0.449 e. The topological polar surface area (TPSA) is 26.3 Å². The second-order valence-electron chi connectivity index (χ2n) is 6.83. The molecular formula is C27H24ClO2P. The Kier molecular flexibility index (Phi) is 8.29. The molecule has 0 amide bonds. The summed E-state index contributed by atoms with van der Waals surface area (Å²) in [5, 5.41) is 3.95. The molecule has 4 rings (SSSR count). The van der Waals surface area contributed by atoms with E-state index in [9.17, 15) is 4.79 Å². The van der Waals surface area contributed by atoms with Crippen molar-refractivity contribution in [1.29, 1.82) is 0 Å². The Morgan fingerprint density at radius 3 is 1.29 bits per heavy atom. The molecule has 0 aliphatic carbocycles. The average molecular weight is 447 g/mol. The van der Waals surface area contributed by atoms with Gasteiger partial charge in [0.1, 0.15) is 6.61 Å². The number of ether oxygens (including phenoxy) is 1. The van der Waals surface area contributed by atoms with E-state index in [2.05, 4.69) is 95.7 Å². The monoisotopic (exact) mass is 446 g/mol. The average Bonchev–Trinajstić information content (AvgIpc) is 2.85. The van der Waals surface area contributed by atoms with E-state index >= 15 is 0 Å². The summed E-state index contributed by atoms with van der Waals surface area (Å²) in [5.74, 6) is 0. The van der Waals surface area contributed by atoms with Crippen LogP contribution in [0.4, 0.5) is 4.79 Å². The molecular weight excluding hydrogens is 423 g/mol. The van der Waals surface area contributed by atoms with Gasteiger partial charge in [0.25, 0.3) is 0 Å². The molecule has 156 valence electrons. The molecule has 4 heteroatoms. The lowest BCUT2D eigenvalue weighted by Crippen LogP contribution is -2.25. The van der Waals surface area contributed by atoms with Gasteiger partial charge in [-0.1, -0.05) is 128 Å². The zero-order valence-corrected chi connectivity index (χ0v) is 18.8. The van der Waals surface area contributed by atoms with Gasteiger partial charge < -0.3 is 4.74 Å². The highest BCUT2D eigenvalue weighted by molar-refractivity contribution is 7.93. The number of halogens is 1. The van der Waals surface area contributed by atoms with Crippen LogP contribution in [0.1, 0.15) is 5.56 Å². The summed E-state index contributed by atoms with van der Waals surface area (Å²) >= 11 is 4.97. The van der Waals surface area contributed by atoms with Crippen LogP contribution in [0.5, 0.6) is 0 Å². The van der Waals surface area contributed by atoms with Crippen molar-refractivity contribution in [2.75, 3.05) is 0 Å². The van der Waals surface area contributed by atoms with Crippen molar-refractivity contribution in [1.82, 2.24) is 0 Å². The van der Waals surface area contributed by atoms with Crippen molar-refractivity contribution in [3.05, 3.63) is 127 Å². The molecule has 0 aliphatic heterocycles. The van der Waals surface area contributed by atoms with Gasteiger partial charge in [0, 0.05) is 11.6 Å². The van der Waals surface area contributed by atoms with Gasteiger partial charge in [-0.25, -0.2) is 4.79 Å². The lowest BCUT2D eigenvalue weighted by Gasteiger charge is -2.26. The number of rotatable bonds is 5. The number of carbonyl (C=O) groups excluding carboxylic acids is 1. The molecule has 31 heavy (non-hydrogen) atoms. The molecule has 4 aromatic carbocycles. The Bertz CT molecular complexity index is 1010. The number of hydrogen-bond donors (Lipinski definition) is 0. The van der Waals surface area contributed by atoms with Crippen LogP contribution in [-0.4, -0.2) is 11.7 Å². The second-order valence-corrected chi connectivity index (χ2v) is 10.3. The summed E-state index contributed by atoms with van der Waals surface area (Å²) in [7, 11) is 0. The van der Waals surface area contributed by atoms with Crippen molar-refractivity contribution >= 4 is 46.1 Å². The highest BCUT2D eigenvalue weighted by Gasteiger charge is 2.21. The van der Waals surface area contributed by atoms with Gasteiger partial charge in [-0.3, -0.25) is 0 Å². The zero-order chi connectivity index (χ0) is 21.9. The number of carbonyl (C=O) groups is 1. The smallest absolute Gasteiger partial charge is 0.404 e. The van der Waals surface area contributed by atoms with Crippen LogP contribution >= 0.6 is 18.5 Å². The third kappa shape index (κ3) is 6.21. The van der Waals surface area contributed by atoms with Gasteiger partial charge in [0.2, 0.25) is 0 Å². The highest BCUT2D eigenvalue weighted by Crippen LogP contribution is 2.41. The molecule has 0 fully saturated rings. The van der Waals surface area contributed by atoms with Crippen LogP contribution in [0, 0.1) is 0 Å². The van der Waals surface area contributed by atoms with Gasteiger partial charge in [-0.15, -0.1) is 0 Å². The second kappa shape index (κ2) is 11.4. The fraction of sp³-hybridized carbons (Fsp3) is 0.0370. The van der Waals surface area contributed by atoms with Gasteiger partial charge in [-0.2, -0.15) is 0 Å². The van der Waals surface area contributed by atoms with E-state index in [1.165, 1.54) is 15.9 Å². The molecule has 0 aromatic heterocycles. The summed E-state index contributed by atoms with van der Waals surface area (Å²) in [5.41, 5.74) is 0.162. The molecule has 0 bridgehead atoms. The maximum Gasteiger partial charge on any atom is 0.404 e. The van der Waals surface area contributed by atoms with Crippen molar-refractivity contribution < 1.29 is 9.53 Å². The van der Waals surface area contributed by atoms with Crippen molar-refractivity contribution in [2.45, 2.75) is 6.61 Å². The Hall–Kier alpha value is -3.06. The highest BCUT2D eigenvalue weighted by atomic mass is 35.5. The maximum atomic E-state index is 10.2. The molecule has 0 saturated heterocycles. The summed E-state index contributed by atoms with van der Waals surface area (Å²) in [6, 6.07) is 41.3. The van der Waals surface area contributed by atoms with Gasteiger partial charge in [0.05, 0.1) is 0 Å². The predicted molar refractivity (Wildman–Crippen MR) is 135 cm³/mol. The van der Waals surface area contributed by atoms with E-state index in [0.29, 0.717) is 0 Å². The molecule has 0 unspecified atom stereocenters. The Balaban J connectivity index is 0.000000210. The minimum absolute atomic E-state index is 0.239. The van der Waals surface area contributed by atoms with Crippen LogP contribution in [0.15, 0.2) is 121 Å². The summed E-state index contributed by atoms with van der Waals surface area (Å²) in [6.07, 6.45) is 4.69. The van der Waals surface area contributed by atoms with Gasteiger partial charge in [0.15, 0.2) is 0 Å². The normalized spacial score (nSPS) is 10.5. The SMILES string of the molecule is C=P(c1ccccc1)(c1ccccc1)c1ccccc1.O=C(Cl)OCc1ccccc1. The molecule has 0 heterocycles. The molecule has 2 nitrogen and oxygen atoms in total. The molecule has 0 radical (unpaired) electrons. The van der Waals surface area contributed by atoms with Gasteiger partial charge in [-0.05, 0) is 28.4 Å². The summed E-state index contributed by atoms with van der Waals surface area (Å²) in [4.78, 5) is 10.2. The fourth-order valence-electron chi connectivity index (χ4n) is 3.21. The molecule has 0 atom stereocenters. The number of benzene rings is 4. The van der Waals surface area contributed by atoms with Crippen LogP contribution in [-0.2, 0) is 11.3 Å². The molecule has 4 aromatic rings. The molecule has 0 spiro atoms. The zero-order valence-electron chi connectivity index (χ0n) is 17.1. The van der Waals surface area contributed by atoms with Gasteiger partial charge >= 0.3 is 5.43 Å². The van der Waals surface area contributed by atoms with E-state index in [1.54, 1.807) is 0 Å². The van der Waals surface area contributed by atoms with Crippen LogP contribution < -0.4 is 15.9 Å². The Labute approximate surface area is 189 Å². The minimum atomic E-state index is -1.78. The van der Waals surface area contributed by atoms with Crippen LogP contribution in [0.25, 0.3) is 0 Å². The Morgan fingerprint density at radius 1 is 0.645 bits per heavy atom. The Morgan fingerprint density at radius 2 is 0.968 bits per heavy atom. The van der Waals surface area contributed by atoms with E-state index < -0.39 is 12.3 Å². The van der Waals surface area contributed by atoms with E-state index in [0.717, 1.165) is 5.56 Å². The first-order valence-corrected chi connectivity index (χ1v) is 12.2. The third-order valence-corrected chi connectivity index (χ3v) is 8.43. The van der Waals surface area contributed by atoms with E-state index in [4.69, 9.17) is 17.9 Å². The first kappa shape index (κ1) is 22.6. The van der Waals surface area contributed by atoms with Crippen molar-refractivity contribution in [2.24, 2.45) is 0 Å². The lowest BCUT2D eigenvalue weighted by molar-refractivity contribution is 0.167. The van der Waals surface area contributed by atoms with Crippen LogP contribution in [0.2, 0.25) is 0 Å². The molecule has 0 N–H and O–H groups in total.